The number of rotatable bonds is 0. The van der Waals surface area contributed by atoms with Crippen molar-refractivity contribution in [2.45, 2.75) is 20.8 Å². The molecule has 0 unspecified atom stereocenters. The van der Waals surface area contributed by atoms with Crippen LogP contribution in [0.1, 0.15) is 26.3 Å². The minimum absolute atomic E-state index is 0.157. The highest BCUT2D eigenvalue weighted by Gasteiger charge is 2.05. The summed E-state index contributed by atoms with van der Waals surface area (Å²) < 4.78 is 0.943. The van der Waals surface area contributed by atoms with E-state index < -0.39 is 0 Å². The normalized spacial score (nSPS) is 11.9. The van der Waals surface area contributed by atoms with Gasteiger partial charge in [-0.1, -0.05) is 56.9 Å². The zero-order chi connectivity index (χ0) is 11.3. The predicted molar refractivity (Wildman–Crippen MR) is 69.8 cm³/mol. The first-order valence-electron chi connectivity index (χ1n) is 4.93. The van der Waals surface area contributed by atoms with Gasteiger partial charge < -0.3 is 0 Å². The third-order valence-corrected chi connectivity index (χ3v) is 2.09. The van der Waals surface area contributed by atoms with Crippen molar-refractivity contribution in [1.82, 2.24) is 0 Å². The van der Waals surface area contributed by atoms with E-state index in [1.165, 1.54) is 0 Å². The summed E-state index contributed by atoms with van der Waals surface area (Å²) in [5.41, 5.74) is 1.20. The van der Waals surface area contributed by atoms with Crippen molar-refractivity contribution in [3.8, 4) is 11.8 Å². The molecule has 78 valence electrons. The van der Waals surface area contributed by atoms with Crippen LogP contribution in [0.5, 0.6) is 0 Å². The maximum atomic E-state index is 3.46. The van der Waals surface area contributed by atoms with Crippen LogP contribution in [0.2, 0.25) is 0 Å². The topological polar surface area (TPSA) is 0 Å². The first-order valence-corrected chi connectivity index (χ1v) is 5.72. The fourth-order valence-corrected chi connectivity index (χ4v) is 1.86. The van der Waals surface area contributed by atoms with Crippen molar-refractivity contribution in [1.29, 1.82) is 0 Å². The smallest absolute Gasteiger partial charge is 0.0622 e. The lowest BCUT2D eigenvalue weighted by Crippen LogP contribution is -1.99. The molecule has 0 amide bonds. The van der Waals surface area contributed by atoms with Crippen LogP contribution in [-0.4, -0.2) is 0 Å². The van der Waals surface area contributed by atoms with Gasteiger partial charge in [-0.05, 0) is 33.5 Å². The molecule has 0 saturated carbocycles. The van der Waals surface area contributed by atoms with Crippen LogP contribution in [0, 0.1) is 17.3 Å². The second-order valence-corrected chi connectivity index (χ2v) is 5.33. The van der Waals surface area contributed by atoms with Gasteiger partial charge in [0.2, 0.25) is 0 Å². The van der Waals surface area contributed by atoms with Crippen molar-refractivity contribution in [3.63, 3.8) is 0 Å². The van der Waals surface area contributed by atoms with Crippen LogP contribution in [-0.2, 0) is 0 Å². The minimum atomic E-state index is 0.157. The predicted octanol–water partition coefficient (Wildman–Crippen LogP) is 4.36. The van der Waals surface area contributed by atoms with Gasteiger partial charge in [-0.2, -0.15) is 0 Å². The number of benzene rings is 1. The highest BCUT2D eigenvalue weighted by molar-refractivity contribution is 9.12. The molecule has 0 saturated heterocycles. The van der Waals surface area contributed by atoms with Crippen molar-refractivity contribution >= 4 is 15.9 Å². The van der Waals surface area contributed by atoms with Gasteiger partial charge in [0.05, 0.1) is 4.48 Å². The van der Waals surface area contributed by atoms with Crippen molar-refractivity contribution in [2.24, 2.45) is 5.41 Å². The lowest BCUT2D eigenvalue weighted by atomic mass is 9.96. The highest BCUT2D eigenvalue weighted by Crippen LogP contribution is 2.19. The maximum Gasteiger partial charge on any atom is 0.0643 e. The van der Waals surface area contributed by atoms with E-state index in [-0.39, 0.29) is 5.41 Å². The molecule has 0 aromatic heterocycles. The molecule has 0 aliphatic carbocycles. The number of halogens is 1. The van der Waals surface area contributed by atoms with Crippen LogP contribution in [0.4, 0.5) is 0 Å². The maximum absolute atomic E-state index is 3.46. The van der Waals surface area contributed by atoms with E-state index in [2.05, 4.69) is 54.6 Å². The third kappa shape index (κ3) is 5.44. The molecule has 1 aromatic rings. The summed E-state index contributed by atoms with van der Waals surface area (Å²) in [6, 6.07) is 9.98. The molecule has 0 fully saturated rings. The molecule has 1 heteroatoms. The molecule has 0 aliphatic rings. The molecule has 0 spiro atoms. The lowest BCUT2D eigenvalue weighted by molar-refractivity contribution is 0.544. The van der Waals surface area contributed by atoms with E-state index in [1.807, 2.05) is 30.3 Å². The Labute approximate surface area is 101 Å². The van der Waals surface area contributed by atoms with Crippen molar-refractivity contribution < 1.29 is 0 Å². The monoisotopic (exact) mass is 262 g/mol. The summed E-state index contributed by atoms with van der Waals surface area (Å²) in [4.78, 5) is 0. The molecular formula is C14H15Br. The van der Waals surface area contributed by atoms with Gasteiger partial charge in [0.25, 0.3) is 0 Å². The van der Waals surface area contributed by atoms with Gasteiger partial charge in [0.1, 0.15) is 0 Å². The van der Waals surface area contributed by atoms with Gasteiger partial charge in [-0.3, -0.25) is 0 Å². The Morgan fingerprint density at radius 3 is 2.33 bits per heavy atom. The van der Waals surface area contributed by atoms with Crippen LogP contribution in [0.25, 0.3) is 0 Å². The third-order valence-electron chi connectivity index (χ3n) is 1.66. The molecular weight excluding hydrogens is 248 g/mol. The number of hydrogen-bond acceptors (Lipinski definition) is 0. The fourth-order valence-electron chi connectivity index (χ4n) is 1.07. The molecule has 0 atom stereocenters. The number of allylic oxidation sites excluding steroid dienone is 2. The Kier molecular flexibility index (Phi) is 4.17. The van der Waals surface area contributed by atoms with Crippen LogP contribution in [0.3, 0.4) is 0 Å². The summed E-state index contributed by atoms with van der Waals surface area (Å²) in [6.45, 7) is 6.45. The first kappa shape index (κ1) is 12.1. The number of hydrogen-bond donors (Lipinski definition) is 0. The quantitative estimate of drug-likeness (QED) is 0.610. The van der Waals surface area contributed by atoms with Gasteiger partial charge in [-0.25, -0.2) is 0 Å². The molecule has 15 heavy (non-hydrogen) atoms. The fraction of sp³-hybridized carbons (Fsp3) is 0.286. The van der Waals surface area contributed by atoms with E-state index in [9.17, 15) is 0 Å². The standard InChI is InChI=1S/C14H15Br/c1-14(2,3)11-13(15)10-9-12-7-5-4-6-8-12/h4-8,11H,1-3H3/b13-11-. The summed E-state index contributed by atoms with van der Waals surface area (Å²) in [5, 5.41) is 0. The zero-order valence-corrected chi connectivity index (χ0v) is 10.9. The Balaban J connectivity index is 2.80. The zero-order valence-electron chi connectivity index (χ0n) is 9.34. The average molecular weight is 263 g/mol. The molecule has 0 heterocycles. The van der Waals surface area contributed by atoms with E-state index in [0.29, 0.717) is 0 Å². The molecule has 1 rings (SSSR count). The van der Waals surface area contributed by atoms with Gasteiger partial charge in [0, 0.05) is 5.56 Å². The van der Waals surface area contributed by atoms with Gasteiger partial charge >= 0.3 is 0 Å². The average Bonchev–Trinajstić information content (AvgIpc) is 2.14. The second kappa shape index (κ2) is 5.19. The summed E-state index contributed by atoms with van der Waals surface area (Å²) in [5.74, 6) is 6.19. The minimum Gasteiger partial charge on any atom is -0.0622 e. The van der Waals surface area contributed by atoms with Crippen LogP contribution in [0.15, 0.2) is 40.9 Å². The van der Waals surface area contributed by atoms with Gasteiger partial charge in [-0.15, -0.1) is 0 Å². The Bertz CT molecular complexity index is 396. The Morgan fingerprint density at radius 1 is 1.20 bits per heavy atom. The SMILES string of the molecule is CC(C)(C)/C=C(\Br)C#Cc1ccccc1. The highest BCUT2D eigenvalue weighted by atomic mass is 79.9. The van der Waals surface area contributed by atoms with Crippen LogP contribution >= 0.6 is 15.9 Å². The molecule has 1 aromatic carbocycles. The lowest BCUT2D eigenvalue weighted by Gasteiger charge is -2.10. The van der Waals surface area contributed by atoms with Crippen molar-refractivity contribution in [2.75, 3.05) is 0 Å². The Morgan fingerprint density at radius 2 is 1.80 bits per heavy atom. The molecule has 0 nitrogen and oxygen atoms in total. The molecule has 0 N–H and O–H groups in total. The van der Waals surface area contributed by atoms with E-state index in [4.69, 9.17) is 0 Å². The van der Waals surface area contributed by atoms with Gasteiger partial charge in [0.15, 0.2) is 0 Å². The largest absolute Gasteiger partial charge is 0.0643 e. The van der Waals surface area contributed by atoms with Crippen molar-refractivity contribution in [3.05, 3.63) is 46.5 Å². The summed E-state index contributed by atoms with van der Waals surface area (Å²) >= 11 is 3.46. The van der Waals surface area contributed by atoms with Crippen LogP contribution < -0.4 is 0 Å². The van der Waals surface area contributed by atoms with E-state index >= 15 is 0 Å². The van der Waals surface area contributed by atoms with E-state index in [0.717, 1.165) is 10.0 Å². The summed E-state index contributed by atoms with van der Waals surface area (Å²) in [6.07, 6.45) is 2.11. The Hall–Kier alpha value is -1.00. The molecule has 0 aliphatic heterocycles. The summed E-state index contributed by atoms with van der Waals surface area (Å²) in [7, 11) is 0. The van der Waals surface area contributed by atoms with E-state index in [1.54, 1.807) is 0 Å². The molecule has 0 radical (unpaired) electrons. The second-order valence-electron chi connectivity index (χ2n) is 4.47. The first-order chi connectivity index (χ1) is 6.97. The molecule has 0 bridgehead atoms.